The van der Waals surface area contributed by atoms with E-state index in [1.807, 2.05) is 6.07 Å². The number of hydrogen-bond donors (Lipinski definition) is 2. The number of carbonyl (C=O) groups is 1. The van der Waals surface area contributed by atoms with Crippen LogP contribution in [0, 0.1) is 11.3 Å². The molecule has 1 saturated carbocycles. The van der Waals surface area contributed by atoms with Gasteiger partial charge in [0.1, 0.15) is 0 Å². The van der Waals surface area contributed by atoms with Gasteiger partial charge in [-0.3, -0.25) is 4.79 Å². The van der Waals surface area contributed by atoms with Crippen LogP contribution in [0.5, 0.6) is 0 Å². The summed E-state index contributed by atoms with van der Waals surface area (Å²) in [5.74, 6) is 1.14. The van der Waals surface area contributed by atoms with E-state index in [4.69, 9.17) is 0 Å². The van der Waals surface area contributed by atoms with Crippen molar-refractivity contribution < 1.29 is 4.79 Å². The molecule has 1 aromatic rings. The number of carbonyl (C=O) groups excluding carboxylic acids is 1. The van der Waals surface area contributed by atoms with Crippen LogP contribution in [0.3, 0.4) is 0 Å². The lowest BCUT2D eigenvalue weighted by molar-refractivity contribution is -0.132. The highest BCUT2D eigenvalue weighted by molar-refractivity contribution is 5.84. The summed E-state index contributed by atoms with van der Waals surface area (Å²) < 4.78 is 0. The Kier molecular flexibility index (Phi) is 3.55. The van der Waals surface area contributed by atoms with Gasteiger partial charge in [0.25, 0.3) is 0 Å². The van der Waals surface area contributed by atoms with Gasteiger partial charge >= 0.3 is 0 Å². The normalized spacial score (nSPS) is 32.4. The summed E-state index contributed by atoms with van der Waals surface area (Å²) in [6.07, 6.45) is 2.04. The minimum absolute atomic E-state index is 0.205. The van der Waals surface area contributed by atoms with Crippen LogP contribution in [-0.2, 0) is 4.79 Å². The van der Waals surface area contributed by atoms with Gasteiger partial charge in [0, 0.05) is 18.5 Å². The smallest absolute Gasteiger partial charge is 0.228 e. The molecule has 1 heterocycles. The summed E-state index contributed by atoms with van der Waals surface area (Å²) in [4.78, 5) is 12.7. The van der Waals surface area contributed by atoms with Crippen molar-refractivity contribution in [3.63, 3.8) is 0 Å². The molecular formula is C17H24N2O. The fourth-order valence-electron chi connectivity index (χ4n) is 3.40. The number of benzene rings is 1. The monoisotopic (exact) mass is 272 g/mol. The third-order valence-electron chi connectivity index (χ3n) is 5.08. The van der Waals surface area contributed by atoms with Crippen LogP contribution in [-0.4, -0.2) is 25.0 Å². The van der Waals surface area contributed by atoms with Crippen LogP contribution in [0.4, 0.5) is 0 Å². The SMILES string of the molecule is CC(C)C1(C(=O)NC2CC2c2ccccc2)CCNC1. The lowest BCUT2D eigenvalue weighted by Crippen LogP contribution is -2.47. The highest BCUT2D eigenvalue weighted by Gasteiger charge is 2.47. The van der Waals surface area contributed by atoms with Crippen molar-refractivity contribution in [2.75, 3.05) is 13.1 Å². The summed E-state index contributed by atoms with van der Waals surface area (Å²) in [5, 5.41) is 6.64. The molecule has 1 aliphatic heterocycles. The van der Waals surface area contributed by atoms with Crippen molar-refractivity contribution in [1.82, 2.24) is 10.6 Å². The fourth-order valence-corrected chi connectivity index (χ4v) is 3.40. The van der Waals surface area contributed by atoms with E-state index >= 15 is 0 Å². The molecule has 1 aromatic carbocycles. The lowest BCUT2D eigenvalue weighted by Gasteiger charge is -2.31. The van der Waals surface area contributed by atoms with Crippen LogP contribution in [0.25, 0.3) is 0 Å². The van der Waals surface area contributed by atoms with Gasteiger partial charge in [0.05, 0.1) is 5.41 Å². The van der Waals surface area contributed by atoms with Crippen molar-refractivity contribution >= 4 is 5.91 Å². The molecule has 108 valence electrons. The molecule has 1 saturated heterocycles. The maximum Gasteiger partial charge on any atom is 0.228 e. The van der Waals surface area contributed by atoms with Crippen molar-refractivity contribution in [3.8, 4) is 0 Å². The van der Waals surface area contributed by atoms with Gasteiger partial charge in [-0.05, 0) is 30.9 Å². The maximum absolute atomic E-state index is 12.7. The average molecular weight is 272 g/mol. The van der Waals surface area contributed by atoms with Crippen LogP contribution in [0.15, 0.2) is 30.3 Å². The first-order valence-corrected chi connectivity index (χ1v) is 7.70. The summed E-state index contributed by atoms with van der Waals surface area (Å²) in [5.41, 5.74) is 1.14. The van der Waals surface area contributed by atoms with E-state index in [0.717, 1.165) is 25.9 Å². The molecule has 2 aliphatic rings. The number of nitrogens with one attached hydrogen (secondary N) is 2. The van der Waals surface area contributed by atoms with E-state index in [2.05, 4.69) is 48.7 Å². The van der Waals surface area contributed by atoms with Gasteiger partial charge in [-0.15, -0.1) is 0 Å². The van der Waals surface area contributed by atoms with Gasteiger partial charge in [-0.2, -0.15) is 0 Å². The predicted molar refractivity (Wildman–Crippen MR) is 80.5 cm³/mol. The van der Waals surface area contributed by atoms with E-state index in [-0.39, 0.29) is 11.3 Å². The Morgan fingerprint density at radius 2 is 2.10 bits per heavy atom. The van der Waals surface area contributed by atoms with Crippen LogP contribution in [0.2, 0.25) is 0 Å². The number of rotatable bonds is 4. The Bertz CT molecular complexity index is 477. The van der Waals surface area contributed by atoms with Crippen molar-refractivity contribution in [1.29, 1.82) is 0 Å². The molecule has 3 unspecified atom stereocenters. The molecule has 1 amide bonds. The fraction of sp³-hybridized carbons (Fsp3) is 0.588. The maximum atomic E-state index is 12.7. The molecule has 2 fully saturated rings. The summed E-state index contributed by atoms with van der Waals surface area (Å²) in [6, 6.07) is 10.8. The topological polar surface area (TPSA) is 41.1 Å². The van der Waals surface area contributed by atoms with Crippen LogP contribution < -0.4 is 10.6 Å². The zero-order chi connectivity index (χ0) is 14.2. The first-order valence-electron chi connectivity index (χ1n) is 7.70. The van der Waals surface area contributed by atoms with Gasteiger partial charge in [-0.25, -0.2) is 0 Å². The molecule has 0 spiro atoms. The van der Waals surface area contributed by atoms with Crippen molar-refractivity contribution in [2.45, 2.75) is 38.6 Å². The highest BCUT2D eigenvalue weighted by Crippen LogP contribution is 2.42. The van der Waals surface area contributed by atoms with Crippen molar-refractivity contribution in [2.24, 2.45) is 11.3 Å². The van der Waals surface area contributed by atoms with Crippen LogP contribution in [0.1, 0.15) is 38.2 Å². The molecule has 0 aromatic heterocycles. The molecule has 3 heteroatoms. The Morgan fingerprint density at radius 3 is 2.70 bits per heavy atom. The second kappa shape index (κ2) is 5.21. The molecule has 20 heavy (non-hydrogen) atoms. The second-order valence-corrected chi connectivity index (χ2v) is 6.57. The summed E-state index contributed by atoms with van der Waals surface area (Å²) in [7, 11) is 0. The Balaban J connectivity index is 1.63. The van der Waals surface area contributed by atoms with Gasteiger partial charge in [0.2, 0.25) is 5.91 Å². The Hall–Kier alpha value is -1.35. The summed E-state index contributed by atoms with van der Waals surface area (Å²) in [6.45, 7) is 6.10. The predicted octanol–water partition coefficient (Wildman–Crippen LogP) is 2.29. The number of hydrogen-bond acceptors (Lipinski definition) is 2. The second-order valence-electron chi connectivity index (χ2n) is 6.57. The quantitative estimate of drug-likeness (QED) is 0.883. The standard InChI is InChI=1S/C17H24N2O/c1-12(2)17(8-9-18-11-17)16(20)19-15-10-14(15)13-6-4-3-5-7-13/h3-7,12,14-15,18H,8-11H2,1-2H3,(H,19,20). The molecule has 0 radical (unpaired) electrons. The average Bonchev–Trinajstić information content (AvgIpc) is 3.02. The molecule has 2 N–H and O–H groups in total. The summed E-state index contributed by atoms with van der Waals surface area (Å²) >= 11 is 0. The zero-order valence-corrected chi connectivity index (χ0v) is 12.4. The number of amides is 1. The molecule has 3 rings (SSSR count). The first kappa shape index (κ1) is 13.6. The molecule has 1 aliphatic carbocycles. The van der Waals surface area contributed by atoms with Gasteiger partial charge in [-0.1, -0.05) is 44.2 Å². The van der Waals surface area contributed by atoms with E-state index in [0.29, 0.717) is 17.9 Å². The Morgan fingerprint density at radius 1 is 1.35 bits per heavy atom. The molecule has 0 bridgehead atoms. The minimum atomic E-state index is -0.205. The molecular weight excluding hydrogens is 248 g/mol. The van der Waals surface area contributed by atoms with E-state index < -0.39 is 0 Å². The van der Waals surface area contributed by atoms with E-state index in [1.54, 1.807) is 0 Å². The molecule has 3 nitrogen and oxygen atoms in total. The lowest BCUT2D eigenvalue weighted by atomic mass is 9.75. The first-order chi connectivity index (χ1) is 9.63. The third kappa shape index (κ3) is 2.35. The third-order valence-corrected chi connectivity index (χ3v) is 5.08. The van der Waals surface area contributed by atoms with Crippen LogP contribution >= 0.6 is 0 Å². The largest absolute Gasteiger partial charge is 0.352 e. The van der Waals surface area contributed by atoms with Gasteiger partial charge < -0.3 is 10.6 Å². The van der Waals surface area contributed by atoms with E-state index in [9.17, 15) is 4.79 Å². The zero-order valence-electron chi connectivity index (χ0n) is 12.4. The Labute approximate surface area is 121 Å². The molecule has 3 atom stereocenters. The minimum Gasteiger partial charge on any atom is -0.352 e. The highest BCUT2D eigenvalue weighted by atomic mass is 16.2. The van der Waals surface area contributed by atoms with Gasteiger partial charge in [0.15, 0.2) is 0 Å². The van der Waals surface area contributed by atoms with Crippen molar-refractivity contribution in [3.05, 3.63) is 35.9 Å². The van der Waals surface area contributed by atoms with E-state index in [1.165, 1.54) is 5.56 Å².